The molecule has 0 aliphatic heterocycles. The van der Waals surface area contributed by atoms with Crippen LogP contribution in [0.4, 0.5) is 0 Å². The number of aliphatic imine (C=N–C) groups is 1. The van der Waals surface area contributed by atoms with Gasteiger partial charge in [0.2, 0.25) is 0 Å². The smallest absolute Gasteiger partial charge is 0.192 e. The van der Waals surface area contributed by atoms with Crippen molar-refractivity contribution in [3.05, 3.63) is 18.0 Å². The zero-order chi connectivity index (χ0) is 11.1. The number of hydrogen-bond acceptors (Lipinski definition) is 2. The Bertz CT molecular complexity index is 371. The van der Waals surface area contributed by atoms with Crippen LogP contribution in [-0.4, -0.2) is 29.3 Å². The van der Waals surface area contributed by atoms with E-state index in [1.807, 2.05) is 19.4 Å². The molecule has 1 aromatic rings. The third-order valence-electron chi connectivity index (χ3n) is 1.80. The van der Waals surface area contributed by atoms with Gasteiger partial charge in [-0.05, 0) is 0 Å². The van der Waals surface area contributed by atoms with Crippen molar-refractivity contribution in [2.24, 2.45) is 12.0 Å². The molecule has 1 heterocycles. The number of hydrogen-bond donors (Lipinski definition) is 2. The Hall–Kier alpha value is -1.96. The van der Waals surface area contributed by atoms with Crippen molar-refractivity contribution in [3.63, 3.8) is 0 Å². The molecule has 0 unspecified atom stereocenters. The number of terminal acetylenes is 1. The van der Waals surface area contributed by atoms with E-state index < -0.39 is 0 Å². The van der Waals surface area contributed by atoms with Crippen LogP contribution in [0.3, 0.4) is 0 Å². The van der Waals surface area contributed by atoms with Gasteiger partial charge in [-0.25, -0.2) is 0 Å². The van der Waals surface area contributed by atoms with Crippen LogP contribution in [0.2, 0.25) is 0 Å². The van der Waals surface area contributed by atoms with E-state index in [0.717, 1.165) is 5.56 Å². The molecular weight excluding hydrogens is 190 g/mol. The molecule has 0 saturated carbocycles. The Morgan fingerprint density at radius 2 is 2.47 bits per heavy atom. The van der Waals surface area contributed by atoms with Crippen LogP contribution in [0.15, 0.2) is 17.4 Å². The molecule has 0 aromatic carbocycles. The molecule has 0 radical (unpaired) electrons. The number of nitrogens with zero attached hydrogens (tertiary/aromatic N) is 3. The molecule has 0 atom stereocenters. The van der Waals surface area contributed by atoms with Crippen molar-refractivity contribution in [2.75, 3.05) is 13.6 Å². The second kappa shape index (κ2) is 5.70. The summed E-state index contributed by atoms with van der Waals surface area (Å²) in [5.74, 6) is 3.18. The largest absolute Gasteiger partial charge is 0.352 e. The molecule has 1 aromatic heterocycles. The highest BCUT2D eigenvalue weighted by molar-refractivity contribution is 5.79. The van der Waals surface area contributed by atoms with Gasteiger partial charge in [0.25, 0.3) is 0 Å². The van der Waals surface area contributed by atoms with Gasteiger partial charge in [0.05, 0.1) is 12.7 Å². The SMILES string of the molecule is C#CCNC(=NC)NCc1cnn(C)c1. The summed E-state index contributed by atoms with van der Waals surface area (Å²) in [6.45, 7) is 1.14. The molecule has 0 fully saturated rings. The maximum atomic E-state index is 5.13. The maximum Gasteiger partial charge on any atom is 0.192 e. The number of nitrogens with one attached hydrogen (secondary N) is 2. The van der Waals surface area contributed by atoms with Crippen molar-refractivity contribution in [1.82, 2.24) is 20.4 Å². The predicted octanol–water partition coefficient (Wildman–Crippen LogP) is -0.282. The highest BCUT2D eigenvalue weighted by atomic mass is 15.2. The summed E-state index contributed by atoms with van der Waals surface area (Å²) in [4.78, 5) is 4.02. The molecule has 80 valence electrons. The van der Waals surface area contributed by atoms with Crippen LogP contribution in [0, 0.1) is 12.3 Å². The van der Waals surface area contributed by atoms with E-state index in [1.165, 1.54) is 0 Å². The first-order chi connectivity index (χ1) is 7.26. The molecule has 2 N–H and O–H groups in total. The fourth-order valence-electron chi connectivity index (χ4n) is 1.10. The Morgan fingerprint density at radius 1 is 1.67 bits per heavy atom. The first-order valence-electron chi connectivity index (χ1n) is 4.61. The lowest BCUT2D eigenvalue weighted by Crippen LogP contribution is -2.36. The van der Waals surface area contributed by atoms with Crippen LogP contribution < -0.4 is 10.6 Å². The quantitative estimate of drug-likeness (QED) is 0.405. The minimum Gasteiger partial charge on any atom is -0.352 e. The Kier molecular flexibility index (Phi) is 4.23. The standard InChI is InChI=1S/C10H15N5/c1-4-5-12-10(11-2)13-6-9-7-14-15(3)8-9/h1,7-8H,5-6H2,2-3H3,(H2,11,12,13). The summed E-state index contributed by atoms with van der Waals surface area (Å²) >= 11 is 0. The van der Waals surface area contributed by atoms with E-state index in [9.17, 15) is 0 Å². The van der Waals surface area contributed by atoms with Crippen molar-refractivity contribution >= 4 is 5.96 Å². The summed E-state index contributed by atoms with van der Waals surface area (Å²) in [7, 11) is 3.59. The summed E-state index contributed by atoms with van der Waals surface area (Å²) in [6.07, 6.45) is 8.89. The van der Waals surface area contributed by atoms with Gasteiger partial charge in [0, 0.05) is 32.4 Å². The number of rotatable bonds is 3. The van der Waals surface area contributed by atoms with Crippen LogP contribution in [0.5, 0.6) is 0 Å². The lowest BCUT2D eigenvalue weighted by Gasteiger charge is -2.08. The molecular formula is C10H15N5. The minimum absolute atomic E-state index is 0.465. The lowest BCUT2D eigenvalue weighted by atomic mass is 10.4. The van der Waals surface area contributed by atoms with Gasteiger partial charge in [0.1, 0.15) is 0 Å². The molecule has 5 nitrogen and oxygen atoms in total. The summed E-state index contributed by atoms with van der Waals surface area (Å²) in [5, 5.41) is 10.2. The fourth-order valence-corrected chi connectivity index (χ4v) is 1.10. The van der Waals surface area contributed by atoms with Gasteiger partial charge >= 0.3 is 0 Å². The van der Waals surface area contributed by atoms with E-state index in [-0.39, 0.29) is 0 Å². The van der Waals surface area contributed by atoms with Crippen molar-refractivity contribution < 1.29 is 0 Å². The molecule has 0 spiro atoms. The van der Waals surface area contributed by atoms with Crippen molar-refractivity contribution in [1.29, 1.82) is 0 Å². The van der Waals surface area contributed by atoms with Crippen molar-refractivity contribution in [3.8, 4) is 12.3 Å². The van der Waals surface area contributed by atoms with Crippen LogP contribution in [0.25, 0.3) is 0 Å². The fraction of sp³-hybridized carbons (Fsp3) is 0.400. The third-order valence-corrected chi connectivity index (χ3v) is 1.80. The molecule has 0 bridgehead atoms. The van der Waals surface area contributed by atoms with Gasteiger partial charge in [-0.1, -0.05) is 5.92 Å². The Labute approximate surface area is 89.6 Å². The van der Waals surface area contributed by atoms with Gasteiger partial charge in [-0.3, -0.25) is 9.67 Å². The predicted molar refractivity (Wildman–Crippen MR) is 60.2 cm³/mol. The van der Waals surface area contributed by atoms with Crippen molar-refractivity contribution in [2.45, 2.75) is 6.54 Å². The third kappa shape index (κ3) is 3.73. The average molecular weight is 205 g/mol. The molecule has 0 amide bonds. The number of aryl methyl sites for hydroxylation is 1. The Morgan fingerprint density at radius 3 is 3.00 bits per heavy atom. The summed E-state index contributed by atoms with van der Waals surface area (Å²) in [5.41, 5.74) is 1.10. The highest BCUT2D eigenvalue weighted by Gasteiger charge is 1.98. The first-order valence-corrected chi connectivity index (χ1v) is 4.61. The van der Waals surface area contributed by atoms with Gasteiger partial charge in [0.15, 0.2) is 5.96 Å². The van der Waals surface area contributed by atoms with E-state index >= 15 is 0 Å². The zero-order valence-corrected chi connectivity index (χ0v) is 8.99. The van der Waals surface area contributed by atoms with E-state index in [2.05, 4.69) is 26.6 Å². The second-order valence-electron chi connectivity index (χ2n) is 3.01. The summed E-state index contributed by atoms with van der Waals surface area (Å²) < 4.78 is 1.76. The normalized spacial score (nSPS) is 10.9. The molecule has 0 aliphatic carbocycles. The molecule has 5 heteroatoms. The molecule has 0 aliphatic rings. The number of aromatic nitrogens is 2. The zero-order valence-electron chi connectivity index (χ0n) is 8.99. The topological polar surface area (TPSA) is 54.2 Å². The van der Waals surface area contributed by atoms with E-state index in [1.54, 1.807) is 11.7 Å². The molecule has 0 saturated heterocycles. The first kappa shape index (κ1) is 11.1. The van der Waals surface area contributed by atoms with Crippen LogP contribution >= 0.6 is 0 Å². The minimum atomic E-state index is 0.465. The lowest BCUT2D eigenvalue weighted by molar-refractivity contribution is 0.765. The average Bonchev–Trinajstić information content (AvgIpc) is 2.65. The maximum absolute atomic E-state index is 5.13. The van der Waals surface area contributed by atoms with Crippen LogP contribution in [0.1, 0.15) is 5.56 Å². The second-order valence-corrected chi connectivity index (χ2v) is 3.01. The summed E-state index contributed by atoms with van der Waals surface area (Å²) in [6, 6.07) is 0. The van der Waals surface area contributed by atoms with Gasteiger partial charge in [-0.2, -0.15) is 5.10 Å². The van der Waals surface area contributed by atoms with Gasteiger partial charge in [-0.15, -0.1) is 6.42 Å². The molecule has 15 heavy (non-hydrogen) atoms. The van der Waals surface area contributed by atoms with E-state index in [4.69, 9.17) is 6.42 Å². The highest BCUT2D eigenvalue weighted by Crippen LogP contribution is 1.94. The van der Waals surface area contributed by atoms with Crippen LogP contribution in [-0.2, 0) is 13.6 Å². The Balaban J connectivity index is 2.38. The monoisotopic (exact) mass is 205 g/mol. The van der Waals surface area contributed by atoms with Gasteiger partial charge < -0.3 is 10.6 Å². The number of guanidine groups is 1. The van der Waals surface area contributed by atoms with E-state index in [0.29, 0.717) is 19.0 Å². The molecule has 1 rings (SSSR count).